The molecule has 7 nitrogen and oxygen atoms in total. The van der Waals surface area contributed by atoms with Crippen LogP contribution in [0.2, 0.25) is 5.02 Å². The molecule has 1 N–H and O–H groups in total. The molecular formula is C26H28ClN3O4. The molecule has 8 heteroatoms. The van der Waals surface area contributed by atoms with E-state index >= 15 is 0 Å². The summed E-state index contributed by atoms with van der Waals surface area (Å²) in [7, 11) is 0. The molecular weight excluding hydrogens is 454 g/mol. The van der Waals surface area contributed by atoms with Gasteiger partial charge < -0.3 is 14.7 Å². The van der Waals surface area contributed by atoms with Crippen molar-refractivity contribution in [1.82, 2.24) is 14.5 Å². The van der Waals surface area contributed by atoms with Gasteiger partial charge in [0, 0.05) is 31.1 Å². The average Bonchev–Trinajstić information content (AvgIpc) is 3.09. The molecule has 2 aliphatic rings. The van der Waals surface area contributed by atoms with Crippen molar-refractivity contribution in [3.63, 3.8) is 0 Å². The SMILES string of the molecule is O=C(COc1ccc2nc3n(c(=O)c2c1)CCCCC3)N1CCC(O)(c2ccc(Cl)cc2)CC1. The van der Waals surface area contributed by atoms with Gasteiger partial charge in [0.05, 0.1) is 16.5 Å². The third kappa shape index (κ3) is 4.55. The normalized spacial score (nSPS) is 17.8. The van der Waals surface area contributed by atoms with Crippen LogP contribution < -0.4 is 10.3 Å². The fourth-order valence-electron chi connectivity index (χ4n) is 4.90. The highest BCUT2D eigenvalue weighted by Gasteiger charge is 2.35. The number of nitrogens with zero attached hydrogens (tertiary/aromatic N) is 3. The monoisotopic (exact) mass is 481 g/mol. The van der Waals surface area contributed by atoms with E-state index in [1.807, 2.05) is 12.1 Å². The Morgan fingerprint density at radius 2 is 1.82 bits per heavy atom. The van der Waals surface area contributed by atoms with Crippen LogP contribution in [0.4, 0.5) is 0 Å². The minimum atomic E-state index is -0.964. The molecule has 0 atom stereocenters. The van der Waals surface area contributed by atoms with Gasteiger partial charge in [0.1, 0.15) is 11.6 Å². The largest absolute Gasteiger partial charge is 0.484 e. The predicted octanol–water partition coefficient (Wildman–Crippen LogP) is 3.67. The molecule has 3 heterocycles. The van der Waals surface area contributed by atoms with Crippen molar-refractivity contribution >= 4 is 28.4 Å². The first-order valence-electron chi connectivity index (χ1n) is 11.9. The van der Waals surface area contributed by atoms with Gasteiger partial charge in [-0.25, -0.2) is 4.98 Å². The highest BCUT2D eigenvalue weighted by atomic mass is 35.5. The summed E-state index contributed by atoms with van der Waals surface area (Å²) in [6.45, 7) is 1.45. The summed E-state index contributed by atoms with van der Waals surface area (Å²) < 4.78 is 7.54. The van der Waals surface area contributed by atoms with Gasteiger partial charge in [-0.1, -0.05) is 30.2 Å². The predicted molar refractivity (Wildman–Crippen MR) is 130 cm³/mol. The number of halogens is 1. The molecule has 0 spiro atoms. The van der Waals surface area contributed by atoms with Gasteiger partial charge in [0.2, 0.25) is 0 Å². The van der Waals surface area contributed by atoms with Crippen LogP contribution in [0.15, 0.2) is 47.3 Å². The Morgan fingerprint density at radius 1 is 1.06 bits per heavy atom. The number of ether oxygens (including phenoxy) is 1. The number of likely N-dealkylation sites (tertiary alicyclic amines) is 1. The van der Waals surface area contributed by atoms with E-state index in [0.717, 1.165) is 37.1 Å². The van der Waals surface area contributed by atoms with Gasteiger partial charge in [-0.05, 0) is 61.6 Å². The standard InChI is InChI=1S/C26H28ClN3O4/c27-19-7-5-18(6-8-19)26(33)11-14-29(15-12-26)24(31)17-34-20-9-10-22-21(16-20)25(32)30-13-3-1-2-4-23(30)28-22/h5-10,16,33H,1-4,11-15,17H2. The number of aryl methyl sites for hydroxylation is 1. The molecule has 0 aliphatic carbocycles. The van der Waals surface area contributed by atoms with E-state index in [1.54, 1.807) is 39.8 Å². The summed E-state index contributed by atoms with van der Waals surface area (Å²) in [4.78, 5) is 32.2. The lowest BCUT2D eigenvalue weighted by Crippen LogP contribution is -2.46. The number of carbonyl (C=O) groups is 1. The van der Waals surface area contributed by atoms with E-state index in [0.29, 0.717) is 54.2 Å². The minimum absolute atomic E-state index is 0.0452. The number of piperidine rings is 1. The van der Waals surface area contributed by atoms with Crippen molar-refractivity contribution in [3.8, 4) is 5.75 Å². The molecule has 0 unspecified atom stereocenters. The van der Waals surface area contributed by atoms with Crippen LogP contribution in [0.1, 0.15) is 43.5 Å². The quantitative estimate of drug-likeness (QED) is 0.614. The number of carbonyl (C=O) groups excluding carboxylic acids is 1. The topological polar surface area (TPSA) is 84.7 Å². The van der Waals surface area contributed by atoms with Gasteiger partial charge in [0.15, 0.2) is 6.61 Å². The van der Waals surface area contributed by atoms with Crippen LogP contribution in [-0.4, -0.2) is 45.2 Å². The van der Waals surface area contributed by atoms with Crippen molar-refractivity contribution in [2.24, 2.45) is 0 Å². The van der Waals surface area contributed by atoms with Crippen LogP contribution in [0.3, 0.4) is 0 Å². The Morgan fingerprint density at radius 3 is 2.59 bits per heavy atom. The summed E-state index contributed by atoms with van der Waals surface area (Å²) >= 11 is 5.95. The zero-order valence-corrected chi connectivity index (χ0v) is 19.8. The Kier molecular flexibility index (Phi) is 6.32. The van der Waals surface area contributed by atoms with Crippen molar-refractivity contribution in [2.45, 2.75) is 50.7 Å². The lowest BCUT2D eigenvalue weighted by atomic mass is 9.84. The van der Waals surface area contributed by atoms with E-state index in [1.165, 1.54) is 0 Å². The third-order valence-corrected chi connectivity index (χ3v) is 7.23. The van der Waals surface area contributed by atoms with Crippen LogP contribution in [0.25, 0.3) is 10.9 Å². The maximum atomic E-state index is 13.0. The molecule has 1 amide bonds. The number of aliphatic hydroxyl groups is 1. The number of fused-ring (bicyclic) bond motifs is 2. The number of benzene rings is 2. The number of rotatable bonds is 4. The van der Waals surface area contributed by atoms with Crippen LogP contribution in [0.5, 0.6) is 5.75 Å². The first-order valence-corrected chi connectivity index (χ1v) is 12.2. The lowest BCUT2D eigenvalue weighted by molar-refractivity contribution is -0.137. The zero-order chi connectivity index (χ0) is 23.7. The zero-order valence-electron chi connectivity index (χ0n) is 19.0. The first-order chi connectivity index (χ1) is 16.4. The van der Waals surface area contributed by atoms with E-state index in [4.69, 9.17) is 21.3 Å². The third-order valence-electron chi connectivity index (χ3n) is 6.97. The maximum Gasteiger partial charge on any atom is 0.261 e. The van der Waals surface area contributed by atoms with Crippen molar-refractivity contribution in [1.29, 1.82) is 0 Å². The highest BCUT2D eigenvalue weighted by Crippen LogP contribution is 2.33. The highest BCUT2D eigenvalue weighted by molar-refractivity contribution is 6.30. The Bertz CT molecular complexity index is 1260. The molecule has 0 radical (unpaired) electrons. The van der Waals surface area contributed by atoms with Gasteiger partial charge in [-0.15, -0.1) is 0 Å². The van der Waals surface area contributed by atoms with Gasteiger partial charge in [-0.2, -0.15) is 0 Å². The van der Waals surface area contributed by atoms with Crippen molar-refractivity contribution < 1.29 is 14.6 Å². The summed E-state index contributed by atoms with van der Waals surface area (Å²) in [6, 6.07) is 12.4. The summed E-state index contributed by atoms with van der Waals surface area (Å²) in [5.41, 5.74) is 0.466. The van der Waals surface area contributed by atoms with E-state index in [9.17, 15) is 14.7 Å². The molecule has 5 rings (SSSR count). The molecule has 2 aliphatic heterocycles. The summed E-state index contributed by atoms with van der Waals surface area (Å²) in [6.07, 6.45) is 4.85. The Hall–Kier alpha value is -2.90. The Labute approximate surface area is 202 Å². The smallest absolute Gasteiger partial charge is 0.261 e. The van der Waals surface area contributed by atoms with E-state index in [2.05, 4.69) is 0 Å². The molecule has 0 saturated carbocycles. The van der Waals surface area contributed by atoms with Crippen molar-refractivity contribution in [2.75, 3.05) is 19.7 Å². The number of aromatic nitrogens is 2. The molecule has 1 fully saturated rings. The van der Waals surface area contributed by atoms with Gasteiger partial charge in [0.25, 0.3) is 11.5 Å². The molecule has 1 saturated heterocycles. The van der Waals surface area contributed by atoms with E-state index < -0.39 is 5.60 Å². The molecule has 3 aromatic rings. The second-order valence-corrected chi connectivity index (χ2v) is 9.62. The minimum Gasteiger partial charge on any atom is -0.484 e. The Balaban J connectivity index is 1.23. The fraction of sp³-hybridized carbons (Fsp3) is 0.423. The van der Waals surface area contributed by atoms with Gasteiger partial charge >= 0.3 is 0 Å². The molecule has 1 aromatic heterocycles. The van der Waals surface area contributed by atoms with Crippen LogP contribution >= 0.6 is 11.6 Å². The average molecular weight is 482 g/mol. The second kappa shape index (κ2) is 9.39. The van der Waals surface area contributed by atoms with Crippen LogP contribution in [-0.2, 0) is 23.4 Å². The first kappa shape index (κ1) is 22.9. The molecule has 34 heavy (non-hydrogen) atoms. The fourth-order valence-corrected chi connectivity index (χ4v) is 5.02. The maximum absolute atomic E-state index is 13.0. The van der Waals surface area contributed by atoms with E-state index in [-0.39, 0.29) is 18.1 Å². The number of hydrogen-bond acceptors (Lipinski definition) is 5. The summed E-state index contributed by atoms with van der Waals surface area (Å²) in [5.74, 6) is 1.18. The molecule has 0 bridgehead atoms. The van der Waals surface area contributed by atoms with Crippen molar-refractivity contribution in [3.05, 3.63) is 69.2 Å². The second-order valence-electron chi connectivity index (χ2n) is 9.18. The number of hydrogen-bond donors (Lipinski definition) is 1. The molecule has 178 valence electrons. The molecule has 2 aromatic carbocycles. The lowest BCUT2D eigenvalue weighted by Gasteiger charge is -2.38. The van der Waals surface area contributed by atoms with Gasteiger partial charge in [-0.3, -0.25) is 14.2 Å². The summed E-state index contributed by atoms with van der Waals surface area (Å²) in [5, 5.41) is 12.2. The number of amides is 1. The van der Waals surface area contributed by atoms with Crippen LogP contribution in [0, 0.1) is 0 Å².